The van der Waals surface area contributed by atoms with E-state index in [0.29, 0.717) is 13.1 Å². The minimum atomic E-state index is -0.0651. The van der Waals surface area contributed by atoms with Crippen LogP contribution in [0, 0.1) is 13.8 Å². The van der Waals surface area contributed by atoms with E-state index in [-0.39, 0.29) is 6.03 Å². The number of aromatic nitrogens is 4. The number of amides is 2. The van der Waals surface area contributed by atoms with E-state index >= 15 is 0 Å². The first-order valence-corrected chi connectivity index (χ1v) is 9.28. The van der Waals surface area contributed by atoms with E-state index in [2.05, 4.69) is 32.1 Å². The fourth-order valence-corrected chi connectivity index (χ4v) is 3.21. The topological polar surface area (TPSA) is 79.2 Å². The summed E-state index contributed by atoms with van der Waals surface area (Å²) >= 11 is 0. The zero-order valence-corrected chi connectivity index (χ0v) is 16.0. The van der Waals surface area contributed by atoms with E-state index in [1.807, 2.05) is 46.9 Å². The molecule has 8 heteroatoms. The number of rotatable bonds is 3. The highest BCUT2D eigenvalue weighted by Gasteiger charge is 2.22. The number of aryl methyl sites for hydroxylation is 2. The summed E-state index contributed by atoms with van der Waals surface area (Å²) < 4.78 is 1.85. The Morgan fingerprint density at radius 3 is 2.50 bits per heavy atom. The first-order valence-electron chi connectivity index (χ1n) is 9.28. The maximum Gasteiger partial charge on any atom is 0.321 e. The molecule has 1 N–H and O–H groups in total. The van der Waals surface area contributed by atoms with Crippen LogP contribution in [0.3, 0.4) is 0 Å². The van der Waals surface area contributed by atoms with E-state index < -0.39 is 0 Å². The van der Waals surface area contributed by atoms with Gasteiger partial charge in [0.1, 0.15) is 24.3 Å². The number of nitrogens with zero attached hydrogens (tertiary/aromatic N) is 6. The second-order valence-corrected chi connectivity index (χ2v) is 6.91. The van der Waals surface area contributed by atoms with Crippen LogP contribution < -0.4 is 10.2 Å². The maximum absolute atomic E-state index is 12.6. The molecule has 28 heavy (non-hydrogen) atoms. The number of piperazine rings is 1. The Bertz CT molecular complexity index is 962. The quantitative estimate of drug-likeness (QED) is 0.759. The molecular formula is C20H23N7O. The summed E-state index contributed by atoms with van der Waals surface area (Å²) in [6.07, 6.45) is 6.83. The lowest BCUT2D eigenvalue weighted by Gasteiger charge is -2.35. The van der Waals surface area contributed by atoms with Crippen molar-refractivity contribution in [2.75, 3.05) is 36.4 Å². The molecule has 0 saturated carbocycles. The lowest BCUT2D eigenvalue weighted by Crippen LogP contribution is -2.50. The summed E-state index contributed by atoms with van der Waals surface area (Å²) in [5, 5.41) is 2.99. The third-order valence-corrected chi connectivity index (χ3v) is 5.06. The minimum Gasteiger partial charge on any atom is -0.353 e. The fraction of sp³-hybridized carbons (Fsp3) is 0.300. The van der Waals surface area contributed by atoms with E-state index in [1.54, 1.807) is 18.9 Å². The highest BCUT2D eigenvalue weighted by atomic mass is 16.2. The summed E-state index contributed by atoms with van der Waals surface area (Å²) in [4.78, 5) is 29.3. The smallest absolute Gasteiger partial charge is 0.321 e. The normalized spacial score (nSPS) is 14.2. The van der Waals surface area contributed by atoms with Crippen molar-refractivity contribution in [1.82, 2.24) is 24.4 Å². The van der Waals surface area contributed by atoms with Crippen LogP contribution >= 0.6 is 0 Å². The van der Waals surface area contributed by atoms with Gasteiger partial charge in [-0.05, 0) is 37.1 Å². The number of imidazole rings is 1. The highest BCUT2D eigenvalue weighted by Crippen LogP contribution is 2.18. The van der Waals surface area contributed by atoms with Crippen molar-refractivity contribution in [2.24, 2.45) is 0 Å². The first kappa shape index (κ1) is 18.0. The van der Waals surface area contributed by atoms with Crippen LogP contribution in [0.2, 0.25) is 0 Å². The second-order valence-electron chi connectivity index (χ2n) is 6.91. The lowest BCUT2D eigenvalue weighted by molar-refractivity contribution is 0.208. The van der Waals surface area contributed by atoms with Gasteiger partial charge < -0.3 is 15.1 Å². The van der Waals surface area contributed by atoms with Crippen LogP contribution in [-0.2, 0) is 0 Å². The predicted octanol–water partition coefficient (Wildman–Crippen LogP) is 2.63. The summed E-state index contributed by atoms with van der Waals surface area (Å²) in [5.41, 5.74) is 3.21. The van der Waals surface area contributed by atoms with Gasteiger partial charge in [-0.2, -0.15) is 0 Å². The maximum atomic E-state index is 12.6. The van der Waals surface area contributed by atoms with Crippen molar-refractivity contribution in [3.8, 4) is 5.82 Å². The van der Waals surface area contributed by atoms with Gasteiger partial charge in [0, 0.05) is 50.3 Å². The molecule has 0 unspecified atom stereocenters. The Kier molecular flexibility index (Phi) is 4.92. The van der Waals surface area contributed by atoms with E-state index in [1.165, 1.54) is 11.1 Å². The molecule has 1 aromatic carbocycles. The molecule has 144 valence electrons. The molecular weight excluding hydrogens is 354 g/mol. The zero-order chi connectivity index (χ0) is 19.5. The molecule has 1 aliphatic rings. The standard InChI is InChI=1S/C20H23N7O/c1-15-3-4-17(11-16(15)2)24-20(28)26-9-7-25(8-10-26)18-12-19(23-13-22-18)27-6-5-21-14-27/h3-6,11-14H,7-10H2,1-2H3,(H,24,28). The van der Waals surface area contributed by atoms with Gasteiger partial charge in [-0.25, -0.2) is 19.7 Å². The van der Waals surface area contributed by atoms with Crippen molar-refractivity contribution in [1.29, 1.82) is 0 Å². The van der Waals surface area contributed by atoms with Crippen molar-refractivity contribution in [2.45, 2.75) is 13.8 Å². The van der Waals surface area contributed by atoms with Gasteiger partial charge in [0.05, 0.1) is 0 Å². The Morgan fingerprint density at radius 2 is 1.79 bits per heavy atom. The third-order valence-electron chi connectivity index (χ3n) is 5.06. The molecule has 3 heterocycles. The Morgan fingerprint density at radius 1 is 1.00 bits per heavy atom. The van der Waals surface area contributed by atoms with Gasteiger partial charge >= 0.3 is 6.03 Å². The molecule has 1 aliphatic heterocycles. The zero-order valence-electron chi connectivity index (χ0n) is 16.0. The molecule has 0 aliphatic carbocycles. The third kappa shape index (κ3) is 3.80. The van der Waals surface area contributed by atoms with Crippen LogP contribution in [0.4, 0.5) is 16.3 Å². The lowest BCUT2D eigenvalue weighted by atomic mass is 10.1. The SMILES string of the molecule is Cc1ccc(NC(=O)N2CCN(c3cc(-n4ccnc4)ncn3)CC2)cc1C. The molecule has 8 nitrogen and oxygen atoms in total. The monoisotopic (exact) mass is 377 g/mol. The van der Waals surface area contributed by atoms with E-state index in [9.17, 15) is 4.79 Å². The molecule has 1 fully saturated rings. The van der Waals surface area contributed by atoms with Crippen molar-refractivity contribution in [3.05, 3.63) is 60.4 Å². The van der Waals surface area contributed by atoms with Crippen LogP contribution in [0.5, 0.6) is 0 Å². The molecule has 0 atom stereocenters. The average molecular weight is 377 g/mol. The summed E-state index contributed by atoms with van der Waals surface area (Å²) in [7, 11) is 0. The number of hydrogen-bond acceptors (Lipinski definition) is 5. The minimum absolute atomic E-state index is 0.0651. The summed E-state index contributed by atoms with van der Waals surface area (Å²) in [5.74, 6) is 1.63. The average Bonchev–Trinajstić information content (AvgIpc) is 3.26. The molecule has 4 rings (SSSR count). The summed E-state index contributed by atoms with van der Waals surface area (Å²) in [6.45, 7) is 6.83. The number of benzene rings is 1. The Labute approximate surface area is 163 Å². The number of anilines is 2. The number of hydrogen-bond donors (Lipinski definition) is 1. The van der Waals surface area contributed by atoms with Crippen LogP contribution in [0.15, 0.2) is 49.3 Å². The van der Waals surface area contributed by atoms with Gasteiger partial charge in [-0.3, -0.25) is 4.57 Å². The number of carbonyl (C=O) groups excluding carboxylic acids is 1. The van der Waals surface area contributed by atoms with Crippen molar-refractivity contribution in [3.63, 3.8) is 0 Å². The number of nitrogens with one attached hydrogen (secondary N) is 1. The van der Waals surface area contributed by atoms with Crippen molar-refractivity contribution >= 4 is 17.5 Å². The predicted molar refractivity (Wildman–Crippen MR) is 108 cm³/mol. The molecule has 3 aromatic rings. The molecule has 2 aromatic heterocycles. The molecule has 0 radical (unpaired) electrons. The van der Waals surface area contributed by atoms with Gasteiger partial charge in [0.15, 0.2) is 0 Å². The van der Waals surface area contributed by atoms with E-state index in [0.717, 1.165) is 30.4 Å². The molecule has 0 spiro atoms. The van der Waals surface area contributed by atoms with Gasteiger partial charge in [0.2, 0.25) is 0 Å². The number of urea groups is 1. The van der Waals surface area contributed by atoms with Gasteiger partial charge in [0.25, 0.3) is 0 Å². The fourth-order valence-electron chi connectivity index (χ4n) is 3.21. The van der Waals surface area contributed by atoms with Gasteiger partial charge in [-0.1, -0.05) is 6.07 Å². The highest BCUT2D eigenvalue weighted by molar-refractivity contribution is 5.89. The Hall–Kier alpha value is -3.42. The van der Waals surface area contributed by atoms with Gasteiger partial charge in [-0.15, -0.1) is 0 Å². The van der Waals surface area contributed by atoms with Crippen molar-refractivity contribution < 1.29 is 4.79 Å². The Balaban J connectivity index is 1.37. The number of carbonyl (C=O) groups is 1. The second kappa shape index (κ2) is 7.67. The van der Waals surface area contributed by atoms with Crippen LogP contribution in [0.25, 0.3) is 5.82 Å². The summed E-state index contributed by atoms with van der Waals surface area (Å²) in [6, 6.07) is 7.84. The molecule has 1 saturated heterocycles. The molecule has 2 amide bonds. The molecule has 0 bridgehead atoms. The largest absolute Gasteiger partial charge is 0.353 e. The van der Waals surface area contributed by atoms with Crippen LogP contribution in [0.1, 0.15) is 11.1 Å². The van der Waals surface area contributed by atoms with E-state index in [4.69, 9.17) is 0 Å². The van der Waals surface area contributed by atoms with Crippen LogP contribution in [-0.4, -0.2) is 56.6 Å². The first-order chi connectivity index (χ1) is 13.6.